The van der Waals surface area contributed by atoms with Gasteiger partial charge < -0.3 is 4.74 Å². The van der Waals surface area contributed by atoms with Crippen LogP contribution in [-0.2, 0) is 11.3 Å². The first kappa shape index (κ1) is 12.6. The Labute approximate surface area is 105 Å². The molecule has 0 heterocycles. The van der Waals surface area contributed by atoms with Crippen LogP contribution in [0.1, 0.15) is 62.5 Å². The molecule has 1 fully saturated rings. The van der Waals surface area contributed by atoms with Crippen molar-refractivity contribution >= 4 is 0 Å². The molecule has 1 nitrogen and oxygen atoms in total. The quantitative estimate of drug-likeness (QED) is 0.671. The lowest BCUT2D eigenvalue weighted by molar-refractivity contribution is 0.120. The molecule has 94 valence electrons. The van der Waals surface area contributed by atoms with Crippen LogP contribution in [0.2, 0.25) is 0 Å². The van der Waals surface area contributed by atoms with Gasteiger partial charge in [-0.15, -0.1) is 0 Å². The summed E-state index contributed by atoms with van der Waals surface area (Å²) in [5.74, 6) is 0.783. The normalized spacial score (nSPS) is 17.2. The SMILES string of the molecule is CCCOCc1ccccc1C1CCCCC1. The zero-order valence-electron chi connectivity index (χ0n) is 11.0. The van der Waals surface area contributed by atoms with Crippen LogP contribution in [0.3, 0.4) is 0 Å². The molecule has 1 aromatic rings. The van der Waals surface area contributed by atoms with Crippen molar-refractivity contribution in [2.75, 3.05) is 6.61 Å². The summed E-state index contributed by atoms with van der Waals surface area (Å²) in [5, 5.41) is 0. The number of hydrogen-bond acceptors (Lipinski definition) is 1. The molecule has 1 aromatic carbocycles. The highest BCUT2D eigenvalue weighted by Crippen LogP contribution is 2.34. The summed E-state index contributed by atoms with van der Waals surface area (Å²) >= 11 is 0. The van der Waals surface area contributed by atoms with Crippen molar-refractivity contribution < 1.29 is 4.74 Å². The van der Waals surface area contributed by atoms with Crippen LogP contribution in [0.25, 0.3) is 0 Å². The molecule has 1 saturated carbocycles. The number of hydrogen-bond donors (Lipinski definition) is 0. The molecule has 0 radical (unpaired) electrons. The molecule has 0 spiro atoms. The molecule has 0 atom stereocenters. The summed E-state index contributed by atoms with van der Waals surface area (Å²) in [6.45, 7) is 3.83. The second-order valence-corrected chi connectivity index (χ2v) is 5.09. The first-order chi connectivity index (χ1) is 8.42. The van der Waals surface area contributed by atoms with E-state index in [1.807, 2.05) is 0 Å². The Balaban J connectivity index is 2.03. The van der Waals surface area contributed by atoms with Crippen molar-refractivity contribution in [2.45, 2.75) is 58.0 Å². The van der Waals surface area contributed by atoms with Gasteiger partial charge in [-0.05, 0) is 36.3 Å². The maximum absolute atomic E-state index is 5.70. The third kappa shape index (κ3) is 3.57. The highest BCUT2D eigenvalue weighted by molar-refractivity contribution is 5.30. The van der Waals surface area contributed by atoms with E-state index in [0.717, 1.165) is 25.6 Å². The highest BCUT2D eigenvalue weighted by atomic mass is 16.5. The van der Waals surface area contributed by atoms with Crippen LogP contribution in [0, 0.1) is 0 Å². The van der Waals surface area contributed by atoms with Gasteiger partial charge in [0, 0.05) is 6.61 Å². The van der Waals surface area contributed by atoms with Crippen molar-refractivity contribution in [2.24, 2.45) is 0 Å². The Morgan fingerprint density at radius 3 is 2.65 bits per heavy atom. The second kappa shape index (κ2) is 6.80. The molecule has 1 aliphatic carbocycles. The Bertz CT molecular complexity index is 326. The standard InChI is InChI=1S/C16H24O/c1-2-12-17-13-15-10-6-7-11-16(15)14-8-4-3-5-9-14/h6-7,10-11,14H,2-5,8-9,12-13H2,1H3. The van der Waals surface area contributed by atoms with E-state index in [1.54, 1.807) is 5.56 Å². The Morgan fingerprint density at radius 2 is 1.88 bits per heavy atom. The van der Waals surface area contributed by atoms with Crippen LogP contribution in [0.5, 0.6) is 0 Å². The summed E-state index contributed by atoms with van der Waals surface area (Å²) in [4.78, 5) is 0. The van der Waals surface area contributed by atoms with Crippen molar-refractivity contribution in [3.05, 3.63) is 35.4 Å². The number of benzene rings is 1. The lowest BCUT2D eigenvalue weighted by Crippen LogP contribution is -2.08. The van der Waals surface area contributed by atoms with Gasteiger partial charge in [0.1, 0.15) is 0 Å². The summed E-state index contributed by atoms with van der Waals surface area (Å²) in [5.41, 5.74) is 2.95. The van der Waals surface area contributed by atoms with Crippen LogP contribution in [-0.4, -0.2) is 6.61 Å². The van der Waals surface area contributed by atoms with Gasteiger partial charge in [-0.3, -0.25) is 0 Å². The van der Waals surface area contributed by atoms with E-state index in [0.29, 0.717) is 0 Å². The first-order valence-electron chi connectivity index (χ1n) is 7.07. The minimum absolute atomic E-state index is 0.783. The van der Waals surface area contributed by atoms with E-state index in [1.165, 1.54) is 37.7 Å². The summed E-state index contributed by atoms with van der Waals surface area (Å²) in [6.07, 6.45) is 8.05. The molecule has 0 amide bonds. The minimum atomic E-state index is 0.783. The molecule has 1 heteroatoms. The van der Waals surface area contributed by atoms with Gasteiger partial charge in [-0.2, -0.15) is 0 Å². The zero-order chi connectivity index (χ0) is 11.9. The first-order valence-corrected chi connectivity index (χ1v) is 7.07. The number of ether oxygens (including phenoxy) is 1. The Morgan fingerprint density at radius 1 is 1.12 bits per heavy atom. The van der Waals surface area contributed by atoms with Crippen molar-refractivity contribution in [3.63, 3.8) is 0 Å². The summed E-state index contributed by atoms with van der Waals surface area (Å²) in [6, 6.07) is 8.85. The Hall–Kier alpha value is -0.820. The molecule has 0 saturated heterocycles. The average molecular weight is 232 g/mol. The fourth-order valence-corrected chi connectivity index (χ4v) is 2.80. The van der Waals surface area contributed by atoms with Gasteiger partial charge in [0.15, 0.2) is 0 Å². The predicted molar refractivity (Wildman–Crippen MR) is 72.2 cm³/mol. The van der Waals surface area contributed by atoms with Crippen molar-refractivity contribution in [1.29, 1.82) is 0 Å². The van der Waals surface area contributed by atoms with Crippen molar-refractivity contribution in [1.82, 2.24) is 0 Å². The highest BCUT2D eigenvalue weighted by Gasteiger charge is 2.17. The fraction of sp³-hybridized carbons (Fsp3) is 0.625. The fourth-order valence-electron chi connectivity index (χ4n) is 2.80. The van der Waals surface area contributed by atoms with Gasteiger partial charge in [-0.25, -0.2) is 0 Å². The summed E-state index contributed by atoms with van der Waals surface area (Å²) in [7, 11) is 0. The molecular weight excluding hydrogens is 208 g/mol. The van der Waals surface area contributed by atoms with E-state index in [9.17, 15) is 0 Å². The molecule has 0 unspecified atom stereocenters. The molecule has 0 aromatic heterocycles. The van der Waals surface area contributed by atoms with Gasteiger partial charge in [0.2, 0.25) is 0 Å². The van der Waals surface area contributed by atoms with E-state index >= 15 is 0 Å². The summed E-state index contributed by atoms with van der Waals surface area (Å²) < 4.78 is 5.70. The van der Waals surface area contributed by atoms with Crippen LogP contribution in [0.15, 0.2) is 24.3 Å². The van der Waals surface area contributed by atoms with Crippen LogP contribution in [0.4, 0.5) is 0 Å². The van der Waals surface area contributed by atoms with Gasteiger partial charge in [0.05, 0.1) is 6.61 Å². The Kier molecular flexibility index (Phi) is 5.06. The molecule has 0 aliphatic heterocycles. The van der Waals surface area contributed by atoms with Gasteiger partial charge in [-0.1, -0.05) is 50.5 Å². The predicted octanol–water partition coefficient (Wildman–Crippen LogP) is 4.66. The van der Waals surface area contributed by atoms with Crippen LogP contribution >= 0.6 is 0 Å². The molecule has 1 aliphatic rings. The van der Waals surface area contributed by atoms with Gasteiger partial charge in [0.25, 0.3) is 0 Å². The third-order valence-corrected chi connectivity index (χ3v) is 3.71. The monoisotopic (exact) mass is 232 g/mol. The molecule has 2 rings (SSSR count). The maximum Gasteiger partial charge on any atom is 0.0719 e. The molecular formula is C16H24O. The molecule has 17 heavy (non-hydrogen) atoms. The average Bonchev–Trinajstić information content (AvgIpc) is 2.41. The van der Waals surface area contributed by atoms with E-state index in [-0.39, 0.29) is 0 Å². The minimum Gasteiger partial charge on any atom is -0.377 e. The maximum atomic E-state index is 5.70. The van der Waals surface area contributed by atoms with E-state index < -0.39 is 0 Å². The second-order valence-electron chi connectivity index (χ2n) is 5.09. The topological polar surface area (TPSA) is 9.23 Å². The molecule has 0 bridgehead atoms. The van der Waals surface area contributed by atoms with Crippen LogP contribution < -0.4 is 0 Å². The van der Waals surface area contributed by atoms with E-state index in [2.05, 4.69) is 31.2 Å². The van der Waals surface area contributed by atoms with E-state index in [4.69, 9.17) is 4.74 Å². The number of rotatable bonds is 5. The largest absolute Gasteiger partial charge is 0.377 e. The van der Waals surface area contributed by atoms with Crippen molar-refractivity contribution in [3.8, 4) is 0 Å². The smallest absolute Gasteiger partial charge is 0.0719 e. The third-order valence-electron chi connectivity index (χ3n) is 3.71. The zero-order valence-corrected chi connectivity index (χ0v) is 11.0. The lowest BCUT2D eigenvalue weighted by atomic mass is 9.82. The lowest BCUT2D eigenvalue weighted by Gasteiger charge is -2.24. The molecule has 0 N–H and O–H groups in total. The van der Waals surface area contributed by atoms with Gasteiger partial charge >= 0.3 is 0 Å².